The van der Waals surface area contributed by atoms with E-state index in [2.05, 4.69) is 59.8 Å². The molecule has 1 aliphatic rings. The Kier molecular flexibility index (Phi) is 6.57. The quantitative estimate of drug-likeness (QED) is 0.517. The molecule has 152 valence electrons. The van der Waals surface area contributed by atoms with E-state index in [0.29, 0.717) is 0 Å². The summed E-state index contributed by atoms with van der Waals surface area (Å²) in [6, 6.07) is 10.1. The van der Waals surface area contributed by atoms with Gasteiger partial charge in [-0.05, 0) is 44.0 Å². The van der Waals surface area contributed by atoms with Crippen molar-refractivity contribution in [2.24, 2.45) is 0 Å². The number of benzene rings is 1. The zero-order chi connectivity index (χ0) is 20.5. The van der Waals surface area contributed by atoms with Crippen molar-refractivity contribution in [1.29, 1.82) is 0 Å². The third kappa shape index (κ3) is 5.41. The fourth-order valence-electron chi connectivity index (χ4n) is 3.12. The van der Waals surface area contributed by atoms with Crippen molar-refractivity contribution < 1.29 is 18.9 Å². The summed E-state index contributed by atoms with van der Waals surface area (Å²) in [5, 5.41) is 1.66. The number of methoxy groups -OCH3 is 1. The first-order valence-corrected chi connectivity index (χ1v) is 12.6. The molecule has 1 aliphatic heterocycles. The highest BCUT2D eigenvalue weighted by molar-refractivity contribution is 6.74. The lowest BCUT2D eigenvalue weighted by molar-refractivity contribution is -0.410. The minimum atomic E-state index is -2.14. The Labute approximate surface area is 165 Å². The van der Waals surface area contributed by atoms with Crippen LogP contribution < -0.4 is 0 Å². The topological polar surface area (TPSA) is 48.0 Å². The van der Waals surface area contributed by atoms with E-state index in [0.717, 1.165) is 6.42 Å². The third-order valence-corrected chi connectivity index (χ3v) is 9.99. The summed E-state index contributed by atoms with van der Waals surface area (Å²) >= 11 is 0. The first-order chi connectivity index (χ1) is 12.4. The van der Waals surface area contributed by atoms with Gasteiger partial charge >= 0.3 is 5.97 Å². The summed E-state index contributed by atoms with van der Waals surface area (Å²) in [4.78, 5) is 18.4. The number of carbonyl (C=O) groups is 1. The van der Waals surface area contributed by atoms with E-state index in [9.17, 15) is 4.79 Å². The van der Waals surface area contributed by atoms with Crippen LogP contribution in [0.1, 0.15) is 58.9 Å². The molecule has 0 saturated carbocycles. The molecule has 0 aromatic heterocycles. The number of hydrogen-bond acceptors (Lipinski definition) is 5. The highest BCUT2D eigenvalue weighted by atomic mass is 28.4. The average molecular weight is 394 g/mol. The van der Waals surface area contributed by atoms with Gasteiger partial charge in [0.1, 0.15) is 0 Å². The zero-order valence-corrected chi connectivity index (χ0v) is 19.0. The van der Waals surface area contributed by atoms with Crippen molar-refractivity contribution >= 4 is 14.3 Å². The van der Waals surface area contributed by atoms with Crippen molar-refractivity contribution in [2.75, 3.05) is 7.11 Å². The highest BCUT2D eigenvalue weighted by Crippen LogP contribution is 2.44. The van der Waals surface area contributed by atoms with Crippen molar-refractivity contribution in [3.63, 3.8) is 0 Å². The lowest BCUT2D eigenvalue weighted by Gasteiger charge is -2.50. The summed E-state index contributed by atoms with van der Waals surface area (Å²) in [6.07, 6.45) is 1.02. The number of ether oxygens (including phenoxy) is 1. The molecule has 0 aliphatic carbocycles. The summed E-state index contributed by atoms with van der Waals surface area (Å²) in [7, 11) is -0.716. The fourth-order valence-corrected chi connectivity index (χ4v) is 4.02. The van der Waals surface area contributed by atoms with Gasteiger partial charge in [0.2, 0.25) is 8.32 Å². The van der Waals surface area contributed by atoms with Gasteiger partial charge in [-0.1, -0.05) is 56.3 Å². The maximum atomic E-state index is 12.2. The Morgan fingerprint density at radius 3 is 2.37 bits per heavy atom. The molecule has 0 radical (unpaired) electrons. The van der Waals surface area contributed by atoms with Crippen molar-refractivity contribution in [2.45, 2.75) is 83.2 Å². The van der Waals surface area contributed by atoms with Crippen molar-refractivity contribution in [3.05, 3.63) is 35.9 Å². The SMILES string of the molecule is COC(=O)C[C@@H]1[C@@H](c2ccccc2)CC(C)(C)ON1O[Si](C)(C)C(C)(C)C. The summed E-state index contributed by atoms with van der Waals surface area (Å²) in [6.45, 7) is 15.1. The minimum absolute atomic E-state index is 0.0238. The molecule has 1 aromatic rings. The first kappa shape index (κ1) is 22.1. The van der Waals surface area contributed by atoms with E-state index < -0.39 is 13.9 Å². The minimum Gasteiger partial charge on any atom is -0.469 e. The third-order valence-electron chi connectivity index (χ3n) is 5.74. The second-order valence-electron chi connectivity index (χ2n) is 9.56. The van der Waals surface area contributed by atoms with Crippen LogP contribution in [0.2, 0.25) is 18.1 Å². The van der Waals surface area contributed by atoms with E-state index in [1.54, 1.807) is 5.23 Å². The van der Waals surface area contributed by atoms with Crippen LogP contribution in [0, 0.1) is 0 Å². The number of nitrogens with zero attached hydrogens (tertiary/aromatic N) is 1. The average Bonchev–Trinajstić information content (AvgIpc) is 2.55. The molecule has 1 aromatic carbocycles. The number of carbonyl (C=O) groups excluding carboxylic acids is 1. The number of hydrogen-bond donors (Lipinski definition) is 0. The molecule has 0 bridgehead atoms. The van der Waals surface area contributed by atoms with Crippen LogP contribution >= 0.6 is 0 Å². The molecule has 0 unspecified atom stereocenters. The number of hydroxylamine groups is 2. The van der Waals surface area contributed by atoms with Crippen LogP contribution in [0.4, 0.5) is 0 Å². The summed E-state index contributed by atoms with van der Waals surface area (Å²) < 4.78 is 11.5. The van der Waals surface area contributed by atoms with Crippen molar-refractivity contribution in [3.8, 4) is 0 Å². The summed E-state index contributed by atoms with van der Waals surface area (Å²) in [5.41, 5.74) is 0.793. The molecular weight excluding hydrogens is 358 g/mol. The van der Waals surface area contributed by atoms with Gasteiger partial charge < -0.3 is 9.26 Å². The van der Waals surface area contributed by atoms with Crippen LogP contribution in [0.15, 0.2) is 30.3 Å². The molecule has 2 rings (SSSR count). The maximum absolute atomic E-state index is 12.2. The molecule has 5 nitrogen and oxygen atoms in total. The Morgan fingerprint density at radius 1 is 1.26 bits per heavy atom. The molecule has 1 fully saturated rings. The Morgan fingerprint density at radius 2 is 1.85 bits per heavy atom. The Bertz CT molecular complexity index is 639. The van der Waals surface area contributed by atoms with Gasteiger partial charge in [-0.15, -0.1) is 0 Å². The van der Waals surface area contributed by atoms with Gasteiger partial charge in [-0.2, -0.15) is 0 Å². The zero-order valence-electron chi connectivity index (χ0n) is 18.0. The van der Waals surface area contributed by atoms with E-state index in [1.165, 1.54) is 12.7 Å². The first-order valence-electron chi connectivity index (χ1n) is 9.65. The second-order valence-corrected chi connectivity index (χ2v) is 14.3. The largest absolute Gasteiger partial charge is 0.469 e. The monoisotopic (exact) mass is 393 g/mol. The molecular formula is C21H35NO4Si. The van der Waals surface area contributed by atoms with Crippen LogP contribution in [-0.4, -0.2) is 38.3 Å². The Hall–Kier alpha value is -1.21. The van der Waals surface area contributed by atoms with Crippen LogP contribution in [0.5, 0.6) is 0 Å². The van der Waals surface area contributed by atoms with E-state index in [4.69, 9.17) is 14.1 Å². The van der Waals surface area contributed by atoms with Crippen LogP contribution in [0.3, 0.4) is 0 Å². The smallest absolute Gasteiger partial charge is 0.307 e. The van der Waals surface area contributed by atoms with Crippen LogP contribution in [-0.2, 0) is 18.9 Å². The Balaban J connectivity index is 2.42. The van der Waals surface area contributed by atoms with Gasteiger partial charge in [-0.25, -0.2) is 0 Å². The van der Waals surface area contributed by atoms with Gasteiger partial charge in [-0.3, -0.25) is 9.63 Å². The molecule has 1 heterocycles. The van der Waals surface area contributed by atoms with Gasteiger partial charge in [0.15, 0.2) is 0 Å². The van der Waals surface area contributed by atoms with Crippen molar-refractivity contribution in [1.82, 2.24) is 5.23 Å². The van der Waals surface area contributed by atoms with Gasteiger partial charge in [0, 0.05) is 5.92 Å². The maximum Gasteiger partial charge on any atom is 0.307 e. The normalized spacial score (nSPS) is 23.9. The predicted molar refractivity (Wildman–Crippen MR) is 110 cm³/mol. The summed E-state index contributed by atoms with van der Waals surface area (Å²) in [5.74, 6) is -0.146. The number of esters is 1. The van der Waals surface area contributed by atoms with Crippen LogP contribution in [0.25, 0.3) is 0 Å². The molecule has 0 amide bonds. The lowest BCUT2D eigenvalue weighted by atomic mass is 9.80. The molecule has 6 heteroatoms. The fraction of sp³-hybridized carbons (Fsp3) is 0.667. The van der Waals surface area contributed by atoms with E-state index in [-0.39, 0.29) is 29.4 Å². The molecule has 0 N–H and O–H groups in total. The number of rotatable bonds is 5. The second kappa shape index (κ2) is 8.03. The molecule has 27 heavy (non-hydrogen) atoms. The van der Waals surface area contributed by atoms with E-state index in [1.807, 2.05) is 18.2 Å². The van der Waals surface area contributed by atoms with E-state index >= 15 is 0 Å². The van der Waals surface area contributed by atoms with Gasteiger partial charge in [0.25, 0.3) is 0 Å². The lowest BCUT2D eigenvalue weighted by Crippen LogP contribution is -2.57. The molecule has 2 atom stereocenters. The predicted octanol–water partition coefficient (Wildman–Crippen LogP) is 5.05. The van der Waals surface area contributed by atoms with Gasteiger partial charge in [0.05, 0.1) is 25.2 Å². The molecule has 1 saturated heterocycles. The molecule has 0 spiro atoms. The standard InChI is InChI=1S/C21H35NO4Si/c1-20(2,3)27(7,8)26-22-18(14-19(23)24-6)17(15-21(4,5)25-22)16-12-10-9-11-13-16/h9-13,17-18H,14-15H2,1-8H3/t17-,18-/m1/s1. The highest BCUT2D eigenvalue weighted by Gasteiger charge is 2.48.